The van der Waals surface area contributed by atoms with E-state index in [1.807, 2.05) is 52.5 Å². The van der Waals surface area contributed by atoms with Crippen LogP contribution >= 0.6 is 0 Å². The Kier molecular flexibility index (Phi) is 8.93. The lowest BCUT2D eigenvalue weighted by Crippen LogP contribution is -2.59. The van der Waals surface area contributed by atoms with E-state index in [1.54, 1.807) is 12.3 Å². The Morgan fingerprint density at radius 1 is 1.02 bits per heavy atom. The maximum Gasteiger partial charge on any atom is 0.354 e. The van der Waals surface area contributed by atoms with E-state index in [4.69, 9.17) is 0 Å². The third-order valence-electron chi connectivity index (χ3n) is 8.55. The number of hydrogen-bond donors (Lipinski definition) is 0. The zero-order valence-corrected chi connectivity index (χ0v) is 26.9. The molecule has 46 heavy (non-hydrogen) atoms. The van der Waals surface area contributed by atoms with Crippen LogP contribution in [0.15, 0.2) is 66.4 Å². The molecule has 0 saturated carbocycles. The molecule has 4 aromatic rings. The first kappa shape index (κ1) is 32.7. The van der Waals surface area contributed by atoms with E-state index in [9.17, 15) is 14.0 Å². The summed E-state index contributed by atoms with van der Waals surface area (Å²) in [5, 5.41) is 0.319. The fourth-order valence-corrected chi connectivity index (χ4v) is 6.52. The molecule has 7 nitrogen and oxygen atoms in total. The number of halogens is 3. The van der Waals surface area contributed by atoms with Gasteiger partial charge in [0.15, 0.2) is 5.83 Å². The topological polar surface area (TPSA) is 71.3 Å². The molecule has 0 N–H and O–H groups in total. The molecule has 240 valence electrons. The van der Waals surface area contributed by atoms with Gasteiger partial charge in [0.05, 0.1) is 16.9 Å². The number of pyridine rings is 1. The SMILES string of the molecule is C=Cc1cccc(F)c1-c1cc2c(cc1F)c(N1[C@@H](C)CN(C(=O)C(=C)F)C[C@@H]1C)nc(=O)n2-c1c(C(C)C)ccnc1C(C)C. The summed E-state index contributed by atoms with van der Waals surface area (Å²) in [6, 6.07) is 8.21. The highest BCUT2D eigenvalue weighted by Crippen LogP contribution is 2.39. The molecule has 0 spiro atoms. The Labute approximate surface area is 266 Å². The van der Waals surface area contributed by atoms with Crippen LogP contribution in [0.3, 0.4) is 0 Å². The highest BCUT2D eigenvalue weighted by Gasteiger charge is 2.36. The molecule has 0 radical (unpaired) electrons. The van der Waals surface area contributed by atoms with Crippen molar-refractivity contribution in [1.82, 2.24) is 19.4 Å². The molecular formula is C36H38F3N5O2. The zero-order valence-electron chi connectivity index (χ0n) is 26.9. The third-order valence-corrected chi connectivity index (χ3v) is 8.55. The first-order chi connectivity index (χ1) is 21.8. The molecule has 2 atom stereocenters. The van der Waals surface area contributed by atoms with Crippen LogP contribution in [0, 0.1) is 11.6 Å². The van der Waals surface area contributed by atoms with Crippen LogP contribution in [0.25, 0.3) is 33.8 Å². The van der Waals surface area contributed by atoms with Crippen molar-refractivity contribution < 1.29 is 18.0 Å². The quantitative estimate of drug-likeness (QED) is 0.198. The molecule has 2 aromatic carbocycles. The van der Waals surface area contributed by atoms with Crippen LogP contribution in [0.5, 0.6) is 0 Å². The molecule has 10 heteroatoms. The molecule has 0 aliphatic carbocycles. The number of piperazine rings is 1. The summed E-state index contributed by atoms with van der Waals surface area (Å²) in [7, 11) is 0. The van der Waals surface area contributed by atoms with Crippen molar-refractivity contribution in [2.45, 2.75) is 65.5 Å². The predicted octanol–water partition coefficient (Wildman–Crippen LogP) is 7.52. The molecule has 1 aliphatic heterocycles. The van der Waals surface area contributed by atoms with Crippen molar-refractivity contribution >= 4 is 28.7 Å². The first-order valence-electron chi connectivity index (χ1n) is 15.4. The highest BCUT2D eigenvalue weighted by molar-refractivity contribution is 5.96. The molecular weight excluding hydrogens is 591 g/mol. The number of fused-ring (bicyclic) bond motifs is 1. The van der Waals surface area contributed by atoms with Crippen molar-refractivity contribution in [1.29, 1.82) is 0 Å². The lowest BCUT2D eigenvalue weighted by Gasteiger charge is -2.45. The fraction of sp³-hybridized carbons (Fsp3) is 0.333. The average Bonchev–Trinajstić information content (AvgIpc) is 2.99. The van der Waals surface area contributed by atoms with Gasteiger partial charge in [-0.3, -0.25) is 14.3 Å². The number of rotatable bonds is 7. The van der Waals surface area contributed by atoms with Gasteiger partial charge in [0.2, 0.25) is 0 Å². The summed E-state index contributed by atoms with van der Waals surface area (Å²) in [5.41, 5.74) is 2.13. The molecule has 0 unspecified atom stereocenters. The van der Waals surface area contributed by atoms with Crippen LogP contribution in [0.2, 0.25) is 0 Å². The molecule has 1 amide bonds. The van der Waals surface area contributed by atoms with Crippen LogP contribution in [0.4, 0.5) is 19.0 Å². The summed E-state index contributed by atoms with van der Waals surface area (Å²) in [6.07, 6.45) is 3.17. The van der Waals surface area contributed by atoms with Gasteiger partial charge >= 0.3 is 5.69 Å². The van der Waals surface area contributed by atoms with Gasteiger partial charge in [-0.25, -0.2) is 18.0 Å². The monoisotopic (exact) mass is 629 g/mol. The van der Waals surface area contributed by atoms with Crippen LogP contribution in [0.1, 0.15) is 70.2 Å². The largest absolute Gasteiger partial charge is 0.354 e. The first-order valence-corrected chi connectivity index (χ1v) is 15.4. The average molecular weight is 630 g/mol. The second-order valence-corrected chi connectivity index (χ2v) is 12.5. The molecule has 3 heterocycles. The van der Waals surface area contributed by atoms with Crippen LogP contribution < -0.4 is 10.6 Å². The van der Waals surface area contributed by atoms with Gasteiger partial charge in [-0.2, -0.15) is 4.98 Å². The predicted molar refractivity (Wildman–Crippen MR) is 177 cm³/mol. The number of carbonyl (C=O) groups excluding carboxylic acids is 1. The minimum absolute atomic E-state index is 0.00750. The van der Waals surface area contributed by atoms with E-state index < -0.39 is 41.1 Å². The Hall–Kier alpha value is -4.73. The Bertz CT molecular complexity index is 1900. The maximum atomic E-state index is 16.3. The van der Waals surface area contributed by atoms with Crippen LogP contribution in [-0.2, 0) is 4.79 Å². The number of benzene rings is 2. The normalized spacial score (nSPS) is 16.8. The van der Waals surface area contributed by atoms with E-state index >= 15 is 8.78 Å². The molecule has 1 saturated heterocycles. The second-order valence-electron chi connectivity index (χ2n) is 12.5. The minimum atomic E-state index is -1.06. The lowest BCUT2D eigenvalue weighted by atomic mass is 9.95. The van der Waals surface area contributed by atoms with Crippen LogP contribution in [-0.4, -0.2) is 50.5 Å². The van der Waals surface area contributed by atoms with Gasteiger partial charge in [-0.1, -0.05) is 59.1 Å². The van der Waals surface area contributed by atoms with Crippen molar-refractivity contribution in [3.63, 3.8) is 0 Å². The smallest absolute Gasteiger partial charge is 0.347 e. The van der Waals surface area contributed by atoms with E-state index in [-0.39, 0.29) is 41.9 Å². The van der Waals surface area contributed by atoms with Crippen molar-refractivity contribution in [3.05, 3.63) is 101 Å². The number of nitrogens with zero attached hydrogens (tertiary/aromatic N) is 5. The highest BCUT2D eigenvalue weighted by atomic mass is 19.1. The standard InChI is InChI=1S/C36H38F3N5O2/c1-9-24-11-10-12-28(38)31(24)26-16-30-27(15-29(26)39)34(43-21(6)17-42(18-22(43)7)35(45)23(8)37)41-36(46)44(30)33-25(19(2)3)13-14-40-32(33)20(4)5/h9-16,19-22H,1,8,17-18H2,2-7H3/t21-,22-/m0/s1. The van der Waals surface area contributed by atoms with E-state index in [2.05, 4.69) is 23.1 Å². The summed E-state index contributed by atoms with van der Waals surface area (Å²) >= 11 is 0. The zero-order chi connectivity index (χ0) is 33.6. The number of aromatic nitrogens is 3. The molecule has 1 aliphatic rings. The molecule has 1 fully saturated rings. The number of anilines is 1. The third kappa shape index (κ3) is 5.61. The molecule has 5 rings (SSSR count). The van der Waals surface area contributed by atoms with Gasteiger partial charge in [-0.15, -0.1) is 0 Å². The second kappa shape index (κ2) is 12.6. The molecule has 0 bridgehead atoms. The van der Waals surface area contributed by atoms with Crippen molar-refractivity contribution in [3.8, 4) is 16.8 Å². The number of carbonyl (C=O) groups is 1. The lowest BCUT2D eigenvalue weighted by molar-refractivity contribution is -0.129. The summed E-state index contributed by atoms with van der Waals surface area (Å²) in [4.78, 5) is 39.2. The number of hydrogen-bond acceptors (Lipinski definition) is 5. The van der Waals surface area contributed by atoms with Gasteiger partial charge < -0.3 is 9.80 Å². The fourth-order valence-electron chi connectivity index (χ4n) is 6.52. The van der Waals surface area contributed by atoms with Crippen molar-refractivity contribution in [2.24, 2.45) is 0 Å². The van der Waals surface area contributed by atoms with Gasteiger partial charge in [0.1, 0.15) is 17.5 Å². The van der Waals surface area contributed by atoms with E-state index in [1.165, 1.54) is 39.8 Å². The maximum absolute atomic E-state index is 16.3. The Morgan fingerprint density at radius 3 is 2.28 bits per heavy atom. The van der Waals surface area contributed by atoms with E-state index in [0.29, 0.717) is 27.8 Å². The Morgan fingerprint density at radius 2 is 1.70 bits per heavy atom. The molecule has 2 aromatic heterocycles. The number of amides is 1. The van der Waals surface area contributed by atoms with Gasteiger partial charge in [0.25, 0.3) is 5.91 Å². The van der Waals surface area contributed by atoms with Crippen molar-refractivity contribution in [2.75, 3.05) is 18.0 Å². The van der Waals surface area contributed by atoms with E-state index in [0.717, 1.165) is 5.56 Å². The Balaban J connectivity index is 1.88. The summed E-state index contributed by atoms with van der Waals surface area (Å²) in [5.74, 6) is -3.08. The summed E-state index contributed by atoms with van der Waals surface area (Å²) < 4.78 is 46.9. The summed E-state index contributed by atoms with van der Waals surface area (Å²) in [6.45, 7) is 18.8. The van der Waals surface area contributed by atoms with Gasteiger partial charge in [0, 0.05) is 47.9 Å². The minimum Gasteiger partial charge on any atom is -0.347 e. The van der Waals surface area contributed by atoms with Gasteiger partial charge in [-0.05, 0) is 61.1 Å².